The molecule has 130 valence electrons. The lowest BCUT2D eigenvalue weighted by molar-refractivity contribution is 0.184. The fraction of sp³-hybridized carbons (Fsp3) is 0.211. The average Bonchev–Trinajstić information content (AvgIpc) is 3.33. The van der Waals surface area contributed by atoms with E-state index < -0.39 is 0 Å². The number of thiophene rings is 1. The van der Waals surface area contributed by atoms with Gasteiger partial charge in [0.25, 0.3) is 0 Å². The van der Waals surface area contributed by atoms with E-state index in [0.717, 1.165) is 10.6 Å². The summed E-state index contributed by atoms with van der Waals surface area (Å²) in [5.74, 6) is 1.44. The van der Waals surface area contributed by atoms with Crippen LogP contribution in [0.1, 0.15) is 23.6 Å². The fourth-order valence-corrected chi connectivity index (χ4v) is 3.33. The van der Waals surface area contributed by atoms with E-state index >= 15 is 0 Å². The summed E-state index contributed by atoms with van der Waals surface area (Å²) in [7, 11) is 1.60. The molecule has 0 spiro atoms. The Morgan fingerprint density at radius 2 is 2.16 bits per heavy atom. The van der Waals surface area contributed by atoms with Gasteiger partial charge in [0.05, 0.1) is 26.0 Å². The maximum absolute atomic E-state index is 12.9. The largest absolute Gasteiger partial charge is 0.497 e. The zero-order valence-corrected chi connectivity index (χ0v) is 15.0. The van der Waals surface area contributed by atoms with E-state index in [2.05, 4.69) is 5.32 Å². The summed E-state index contributed by atoms with van der Waals surface area (Å²) in [5, 5.41) is 4.95. The molecule has 5 nitrogen and oxygen atoms in total. The number of ether oxygens (including phenoxy) is 1. The van der Waals surface area contributed by atoms with Crippen molar-refractivity contribution in [3.8, 4) is 5.75 Å². The molecule has 3 aromatic rings. The van der Waals surface area contributed by atoms with Gasteiger partial charge in [0, 0.05) is 16.6 Å². The highest BCUT2D eigenvalue weighted by Crippen LogP contribution is 2.27. The molecule has 0 aliphatic rings. The summed E-state index contributed by atoms with van der Waals surface area (Å²) >= 11 is 1.63. The molecule has 2 aromatic heterocycles. The maximum atomic E-state index is 12.9. The minimum Gasteiger partial charge on any atom is -0.497 e. The predicted molar refractivity (Wildman–Crippen MR) is 99.0 cm³/mol. The van der Waals surface area contributed by atoms with Gasteiger partial charge in [-0.05, 0) is 42.6 Å². The number of carbonyl (C=O) groups is 1. The van der Waals surface area contributed by atoms with Crippen molar-refractivity contribution in [2.45, 2.75) is 19.5 Å². The molecule has 6 heteroatoms. The number of furan rings is 1. The van der Waals surface area contributed by atoms with E-state index in [9.17, 15) is 4.79 Å². The Balaban J connectivity index is 1.80. The number of nitrogens with one attached hydrogen (secondary N) is 1. The van der Waals surface area contributed by atoms with Crippen molar-refractivity contribution in [2.24, 2.45) is 0 Å². The van der Waals surface area contributed by atoms with Crippen molar-refractivity contribution in [1.29, 1.82) is 0 Å². The number of rotatable bonds is 6. The van der Waals surface area contributed by atoms with Crippen molar-refractivity contribution >= 4 is 23.1 Å². The summed E-state index contributed by atoms with van der Waals surface area (Å²) in [5.41, 5.74) is 0.687. The number of hydrogen-bond donors (Lipinski definition) is 1. The molecular formula is C19H20N2O3S. The Bertz CT molecular complexity index is 800. The summed E-state index contributed by atoms with van der Waals surface area (Å²) < 4.78 is 10.6. The third kappa shape index (κ3) is 4.22. The zero-order valence-electron chi connectivity index (χ0n) is 14.1. The monoisotopic (exact) mass is 356 g/mol. The maximum Gasteiger partial charge on any atom is 0.322 e. The number of urea groups is 1. The van der Waals surface area contributed by atoms with Gasteiger partial charge in [0.1, 0.15) is 11.5 Å². The van der Waals surface area contributed by atoms with Gasteiger partial charge in [-0.3, -0.25) is 0 Å². The molecule has 0 saturated heterocycles. The lowest BCUT2D eigenvalue weighted by atomic mass is 10.2. The first-order chi connectivity index (χ1) is 12.2. The van der Waals surface area contributed by atoms with Gasteiger partial charge < -0.3 is 19.4 Å². The van der Waals surface area contributed by atoms with Crippen molar-refractivity contribution < 1.29 is 13.9 Å². The van der Waals surface area contributed by atoms with Gasteiger partial charge in [-0.2, -0.15) is 0 Å². The number of nitrogens with zero attached hydrogens (tertiary/aromatic N) is 1. The van der Waals surface area contributed by atoms with Gasteiger partial charge in [0.15, 0.2) is 0 Å². The Labute approximate surface area is 150 Å². The molecule has 1 N–H and O–H groups in total. The molecule has 1 aromatic carbocycles. The normalized spacial score (nSPS) is 11.8. The summed E-state index contributed by atoms with van der Waals surface area (Å²) in [6, 6.07) is 14.8. The van der Waals surface area contributed by atoms with E-state index in [0.29, 0.717) is 18.0 Å². The highest BCUT2D eigenvalue weighted by molar-refractivity contribution is 7.10. The number of hydrogen-bond acceptors (Lipinski definition) is 4. The third-order valence-corrected chi connectivity index (χ3v) is 4.95. The van der Waals surface area contributed by atoms with E-state index in [4.69, 9.17) is 9.15 Å². The van der Waals surface area contributed by atoms with Crippen LogP contribution in [0.25, 0.3) is 0 Å². The second-order valence-electron chi connectivity index (χ2n) is 5.56. The number of amides is 2. The van der Waals surface area contributed by atoms with Gasteiger partial charge in [-0.15, -0.1) is 11.3 Å². The van der Waals surface area contributed by atoms with E-state index in [-0.39, 0.29) is 12.1 Å². The standard InChI is InChI=1S/C19H20N2O3S/c1-14(18-9-5-11-25-18)21(13-17-8-4-10-24-17)19(22)20-15-6-3-7-16(12-15)23-2/h3-12,14H,13H2,1-2H3,(H,20,22)/t14-/m0/s1. The van der Waals surface area contributed by atoms with Crippen LogP contribution in [0.3, 0.4) is 0 Å². The van der Waals surface area contributed by atoms with Gasteiger partial charge in [-0.1, -0.05) is 12.1 Å². The molecule has 0 saturated carbocycles. The molecule has 0 aliphatic carbocycles. The van der Waals surface area contributed by atoms with E-state index in [1.54, 1.807) is 35.7 Å². The van der Waals surface area contributed by atoms with Crippen LogP contribution in [0.4, 0.5) is 10.5 Å². The number of carbonyl (C=O) groups excluding carboxylic acids is 1. The Morgan fingerprint density at radius 3 is 2.84 bits per heavy atom. The highest BCUT2D eigenvalue weighted by Gasteiger charge is 2.23. The Hall–Kier alpha value is -2.73. The van der Waals surface area contributed by atoms with Crippen LogP contribution in [0.2, 0.25) is 0 Å². The first-order valence-corrected chi connectivity index (χ1v) is 8.83. The van der Waals surface area contributed by atoms with Crippen molar-refractivity contribution in [1.82, 2.24) is 4.90 Å². The Morgan fingerprint density at radius 1 is 1.28 bits per heavy atom. The molecule has 2 heterocycles. The minimum atomic E-state index is -0.189. The summed E-state index contributed by atoms with van der Waals surface area (Å²) in [4.78, 5) is 15.8. The topological polar surface area (TPSA) is 54.7 Å². The number of methoxy groups -OCH3 is 1. The second kappa shape index (κ2) is 7.90. The lowest BCUT2D eigenvalue weighted by Gasteiger charge is -2.28. The van der Waals surface area contributed by atoms with Crippen LogP contribution in [0.15, 0.2) is 64.6 Å². The molecule has 0 fully saturated rings. The lowest BCUT2D eigenvalue weighted by Crippen LogP contribution is -2.36. The fourth-order valence-electron chi connectivity index (χ4n) is 2.53. The molecule has 0 bridgehead atoms. The van der Waals surface area contributed by atoms with Crippen LogP contribution >= 0.6 is 11.3 Å². The SMILES string of the molecule is COc1cccc(NC(=O)N(Cc2ccco2)[C@@H](C)c2cccs2)c1. The molecule has 0 aliphatic heterocycles. The van der Waals surface area contributed by atoms with Gasteiger partial charge in [-0.25, -0.2) is 4.79 Å². The van der Waals surface area contributed by atoms with Gasteiger partial charge in [0.2, 0.25) is 0 Å². The number of benzene rings is 1. The highest BCUT2D eigenvalue weighted by atomic mass is 32.1. The first-order valence-electron chi connectivity index (χ1n) is 7.95. The molecular weight excluding hydrogens is 336 g/mol. The minimum absolute atomic E-state index is 0.0734. The van der Waals surface area contributed by atoms with E-state index in [1.165, 1.54) is 0 Å². The molecule has 2 amide bonds. The van der Waals surface area contributed by atoms with Crippen LogP contribution in [-0.2, 0) is 6.54 Å². The van der Waals surface area contributed by atoms with Gasteiger partial charge >= 0.3 is 6.03 Å². The van der Waals surface area contributed by atoms with Crippen molar-refractivity contribution in [2.75, 3.05) is 12.4 Å². The van der Waals surface area contributed by atoms with Crippen LogP contribution in [0, 0.1) is 0 Å². The quantitative estimate of drug-likeness (QED) is 0.665. The Kier molecular flexibility index (Phi) is 5.40. The second-order valence-corrected chi connectivity index (χ2v) is 6.54. The number of anilines is 1. The molecule has 0 unspecified atom stereocenters. The van der Waals surface area contributed by atoms with Crippen LogP contribution in [0.5, 0.6) is 5.75 Å². The predicted octanol–water partition coefficient (Wildman–Crippen LogP) is 5.15. The zero-order chi connectivity index (χ0) is 17.6. The smallest absolute Gasteiger partial charge is 0.322 e. The van der Waals surface area contributed by atoms with E-state index in [1.807, 2.05) is 54.8 Å². The molecule has 3 rings (SSSR count). The molecule has 0 radical (unpaired) electrons. The van der Waals surface area contributed by atoms with Crippen LogP contribution in [-0.4, -0.2) is 18.0 Å². The average molecular weight is 356 g/mol. The van der Waals surface area contributed by atoms with Crippen molar-refractivity contribution in [3.63, 3.8) is 0 Å². The molecule has 1 atom stereocenters. The summed E-state index contributed by atoms with van der Waals surface area (Å²) in [6.07, 6.45) is 1.61. The third-order valence-electron chi connectivity index (χ3n) is 3.91. The summed E-state index contributed by atoms with van der Waals surface area (Å²) in [6.45, 7) is 2.40. The van der Waals surface area contributed by atoms with Crippen LogP contribution < -0.4 is 10.1 Å². The molecule has 25 heavy (non-hydrogen) atoms. The van der Waals surface area contributed by atoms with Crippen molar-refractivity contribution in [3.05, 3.63) is 70.8 Å². The first kappa shape index (κ1) is 17.1.